The van der Waals surface area contributed by atoms with Crippen molar-refractivity contribution < 1.29 is 0 Å². The minimum absolute atomic E-state index is 0.618. The van der Waals surface area contributed by atoms with Crippen molar-refractivity contribution in [1.29, 1.82) is 0 Å². The van der Waals surface area contributed by atoms with E-state index in [1.807, 2.05) is 12.1 Å². The topological polar surface area (TPSA) is 38.0 Å². The first-order chi connectivity index (χ1) is 7.66. The van der Waals surface area contributed by atoms with Crippen molar-refractivity contribution in [1.82, 2.24) is 0 Å². The van der Waals surface area contributed by atoms with Gasteiger partial charge < -0.3 is 11.1 Å². The van der Waals surface area contributed by atoms with Crippen LogP contribution in [-0.2, 0) is 0 Å². The van der Waals surface area contributed by atoms with E-state index in [1.165, 1.54) is 24.9 Å². The van der Waals surface area contributed by atoms with E-state index in [0.29, 0.717) is 6.04 Å². The summed E-state index contributed by atoms with van der Waals surface area (Å²) in [5.74, 6) is 1.59. The molecule has 88 valence electrons. The predicted octanol–water partition coefficient (Wildman–Crippen LogP) is 3.51. The van der Waals surface area contributed by atoms with Crippen LogP contribution in [0.2, 0.25) is 0 Å². The summed E-state index contributed by atoms with van der Waals surface area (Å²) in [4.78, 5) is 0. The molecule has 0 aliphatic heterocycles. The van der Waals surface area contributed by atoms with Gasteiger partial charge in [-0.25, -0.2) is 0 Å². The zero-order valence-electron chi connectivity index (χ0n) is 10.2. The first-order valence-corrected chi connectivity index (χ1v) is 6.29. The Kier molecular flexibility index (Phi) is 3.37. The molecule has 1 aromatic rings. The van der Waals surface area contributed by atoms with Crippen LogP contribution in [-0.4, -0.2) is 6.04 Å². The van der Waals surface area contributed by atoms with Gasteiger partial charge in [-0.15, -0.1) is 0 Å². The van der Waals surface area contributed by atoms with Crippen molar-refractivity contribution in [2.45, 2.75) is 39.2 Å². The van der Waals surface area contributed by atoms with Crippen LogP contribution in [0.3, 0.4) is 0 Å². The Morgan fingerprint density at radius 3 is 2.50 bits per heavy atom. The lowest BCUT2D eigenvalue weighted by Gasteiger charge is -2.35. The van der Waals surface area contributed by atoms with Crippen molar-refractivity contribution >= 4 is 11.4 Å². The molecule has 3 atom stereocenters. The number of rotatable bonds is 2. The van der Waals surface area contributed by atoms with Gasteiger partial charge in [-0.05, 0) is 42.5 Å². The molecule has 2 rings (SSSR count). The molecule has 0 spiro atoms. The van der Waals surface area contributed by atoms with Gasteiger partial charge in [0.05, 0.1) is 0 Å². The molecule has 2 heteroatoms. The van der Waals surface area contributed by atoms with Gasteiger partial charge in [0.2, 0.25) is 0 Å². The van der Waals surface area contributed by atoms with Gasteiger partial charge in [-0.3, -0.25) is 0 Å². The molecule has 0 amide bonds. The third-order valence-electron chi connectivity index (χ3n) is 3.97. The minimum Gasteiger partial charge on any atom is -0.399 e. The third kappa shape index (κ3) is 2.49. The van der Waals surface area contributed by atoms with Gasteiger partial charge in [-0.1, -0.05) is 26.7 Å². The number of nitrogen functional groups attached to an aromatic ring is 1. The molecule has 0 heterocycles. The molecule has 1 fully saturated rings. The van der Waals surface area contributed by atoms with E-state index in [1.54, 1.807) is 0 Å². The van der Waals surface area contributed by atoms with Gasteiger partial charge in [-0.2, -0.15) is 0 Å². The highest BCUT2D eigenvalue weighted by Crippen LogP contribution is 2.31. The molecule has 2 nitrogen and oxygen atoms in total. The zero-order chi connectivity index (χ0) is 11.5. The Morgan fingerprint density at radius 1 is 1.12 bits per heavy atom. The fourth-order valence-corrected chi connectivity index (χ4v) is 2.58. The standard InChI is InChI=1S/C14H22N2/c1-10-4-3-5-14(11(10)2)16-13-8-6-12(15)7-9-13/h6-11,14,16H,3-5,15H2,1-2H3. The molecule has 1 aliphatic rings. The van der Waals surface area contributed by atoms with Crippen molar-refractivity contribution in [3.63, 3.8) is 0 Å². The maximum Gasteiger partial charge on any atom is 0.0343 e. The van der Waals surface area contributed by atoms with Crippen LogP contribution in [0.4, 0.5) is 11.4 Å². The lowest BCUT2D eigenvalue weighted by Crippen LogP contribution is -2.34. The molecule has 0 aromatic heterocycles. The summed E-state index contributed by atoms with van der Waals surface area (Å²) >= 11 is 0. The number of benzene rings is 1. The molecule has 3 N–H and O–H groups in total. The van der Waals surface area contributed by atoms with Gasteiger partial charge in [0.1, 0.15) is 0 Å². The molecular formula is C14H22N2. The third-order valence-corrected chi connectivity index (χ3v) is 3.97. The van der Waals surface area contributed by atoms with Crippen LogP contribution in [0, 0.1) is 11.8 Å². The highest BCUT2D eigenvalue weighted by Gasteiger charge is 2.26. The van der Waals surface area contributed by atoms with E-state index in [-0.39, 0.29) is 0 Å². The van der Waals surface area contributed by atoms with Crippen LogP contribution in [0.1, 0.15) is 33.1 Å². The van der Waals surface area contributed by atoms with Gasteiger partial charge in [0, 0.05) is 17.4 Å². The summed E-state index contributed by atoms with van der Waals surface area (Å²) in [5, 5.41) is 3.63. The maximum absolute atomic E-state index is 5.68. The number of anilines is 2. The second-order valence-corrected chi connectivity index (χ2v) is 5.14. The molecule has 3 unspecified atom stereocenters. The summed E-state index contributed by atoms with van der Waals surface area (Å²) in [7, 11) is 0. The molecule has 1 saturated carbocycles. The van der Waals surface area contributed by atoms with Crippen LogP contribution < -0.4 is 11.1 Å². The first-order valence-electron chi connectivity index (χ1n) is 6.29. The molecule has 1 aliphatic carbocycles. The quantitative estimate of drug-likeness (QED) is 0.745. The number of nitrogens with two attached hydrogens (primary N) is 1. The van der Waals surface area contributed by atoms with Crippen molar-refractivity contribution in [3.8, 4) is 0 Å². The second kappa shape index (κ2) is 4.77. The second-order valence-electron chi connectivity index (χ2n) is 5.14. The summed E-state index contributed by atoms with van der Waals surface area (Å²) in [6, 6.07) is 8.67. The molecule has 0 bridgehead atoms. The van der Waals surface area contributed by atoms with E-state index >= 15 is 0 Å². The Hall–Kier alpha value is -1.18. The van der Waals surface area contributed by atoms with Crippen molar-refractivity contribution in [2.24, 2.45) is 11.8 Å². The average Bonchev–Trinajstić information content (AvgIpc) is 2.28. The van der Waals surface area contributed by atoms with Gasteiger partial charge in [0.25, 0.3) is 0 Å². The monoisotopic (exact) mass is 218 g/mol. The minimum atomic E-state index is 0.618. The molecule has 0 radical (unpaired) electrons. The van der Waals surface area contributed by atoms with E-state index in [0.717, 1.165) is 17.5 Å². The van der Waals surface area contributed by atoms with Gasteiger partial charge >= 0.3 is 0 Å². The predicted molar refractivity (Wildman–Crippen MR) is 70.4 cm³/mol. The fraction of sp³-hybridized carbons (Fsp3) is 0.571. The molecular weight excluding hydrogens is 196 g/mol. The van der Waals surface area contributed by atoms with Crippen molar-refractivity contribution in [2.75, 3.05) is 11.1 Å². The van der Waals surface area contributed by atoms with Crippen molar-refractivity contribution in [3.05, 3.63) is 24.3 Å². The lowest BCUT2D eigenvalue weighted by atomic mass is 9.78. The highest BCUT2D eigenvalue weighted by atomic mass is 14.9. The SMILES string of the molecule is CC1CCCC(Nc2ccc(N)cc2)C1C. The summed E-state index contributed by atoms with van der Waals surface area (Å²) in [5.41, 5.74) is 7.71. The summed E-state index contributed by atoms with van der Waals surface area (Å²) in [6.45, 7) is 4.72. The largest absolute Gasteiger partial charge is 0.399 e. The van der Waals surface area contributed by atoms with Crippen LogP contribution in [0.25, 0.3) is 0 Å². The average molecular weight is 218 g/mol. The highest BCUT2D eigenvalue weighted by molar-refractivity contribution is 5.51. The Balaban J connectivity index is 2.00. The van der Waals surface area contributed by atoms with Gasteiger partial charge in [0.15, 0.2) is 0 Å². The van der Waals surface area contributed by atoms with E-state index in [9.17, 15) is 0 Å². The molecule has 16 heavy (non-hydrogen) atoms. The molecule has 1 aromatic carbocycles. The Labute approximate surface area is 98.2 Å². The van der Waals surface area contributed by atoms with Crippen LogP contribution in [0.5, 0.6) is 0 Å². The van der Waals surface area contributed by atoms with Crippen LogP contribution in [0.15, 0.2) is 24.3 Å². The van der Waals surface area contributed by atoms with E-state index in [4.69, 9.17) is 5.73 Å². The number of hydrogen-bond acceptors (Lipinski definition) is 2. The van der Waals surface area contributed by atoms with E-state index in [2.05, 4.69) is 31.3 Å². The number of nitrogens with one attached hydrogen (secondary N) is 1. The maximum atomic E-state index is 5.68. The Morgan fingerprint density at radius 2 is 1.81 bits per heavy atom. The fourth-order valence-electron chi connectivity index (χ4n) is 2.58. The summed E-state index contributed by atoms with van der Waals surface area (Å²) < 4.78 is 0. The summed E-state index contributed by atoms with van der Waals surface area (Å²) in [6.07, 6.45) is 4.01. The zero-order valence-corrected chi connectivity index (χ0v) is 10.2. The molecule has 0 saturated heterocycles. The van der Waals surface area contributed by atoms with Crippen LogP contribution >= 0.6 is 0 Å². The normalized spacial score (nSPS) is 30.0. The number of hydrogen-bond donors (Lipinski definition) is 2. The lowest BCUT2D eigenvalue weighted by molar-refractivity contribution is 0.253. The smallest absolute Gasteiger partial charge is 0.0343 e. The first kappa shape index (κ1) is 11.3. The Bertz CT molecular complexity index is 331. The van der Waals surface area contributed by atoms with E-state index < -0.39 is 0 Å².